The third-order valence-corrected chi connectivity index (χ3v) is 2.26. The van der Waals surface area contributed by atoms with Gasteiger partial charge in [-0.3, -0.25) is 4.98 Å². The van der Waals surface area contributed by atoms with Gasteiger partial charge in [0.25, 0.3) is 0 Å². The molecule has 1 heterocycles. The molecule has 0 saturated heterocycles. The van der Waals surface area contributed by atoms with Crippen LogP contribution in [0.25, 0.3) is 11.1 Å². The van der Waals surface area contributed by atoms with Crippen LogP contribution in [-0.2, 0) is 0 Å². The molecule has 0 fully saturated rings. The quantitative estimate of drug-likeness (QED) is 0.775. The summed E-state index contributed by atoms with van der Waals surface area (Å²) < 4.78 is 26.5. The minimum atomic E-state index is -0.957. The van der Waals surface area contributed by atoms with Crippen LogP contribution in [0, 0.1) is 11.6 Å². The van der Waals surface area contributed by atoms with Gasteiger partial charge in [-0.2, -0.15) is 0 Å². The number of nitrogen functional groups attached to an aromatic ring is 2. The number of halogens is 2. The highest BCUT2D eigenvalue weighted by Crippen LogP contribution is 2.31. The van der Waals surface area contributed by atoms with Crippen molar-refractivity contribution in [2.45, 2.75) is 0 Å². The average Bonchev–Trinajstić information content (AvgIpc) is 2.27. The SMILES string of the molecule is Nc1cncc(-c2cccc(F)c2F)c1N. The second-order valence-electron chi connectivity index (χ2n) is 3.29. The maximum absolute atomic E-state index is 13.5. The van der Waals surface area contributed by atoms with Crippen molar-refractivity contribution in [2.24, 2.45) is 0 Å². The molecule has 5 heteroatoms. The van der Waals surface area contributed by atoms with Crippen molar-refractivity contribution in [3.05, 3.63) is 42.2 Å². The Hall–Kier alpha value is -2.17. The normalized spacial score (nSPS) is 10.4. The van der Waals surface area contributed by atoms with E-state index in [4.69, 9.17) is 11.5 Å². The van der Waals surface area contributed by atoms with Crippen molar-refractivity contribution in [2.75, 3.05) is 11.5 Å². The lowest BCUT2D eigenvalue weighted by molar-refractivity contribution is 0.511. The highest BCUT2D eigenvalue weighted by molar-refractivity contribution is 5.83. The average molecular weight is 221 g/mol. The molecule has 0 spiro atoms. The fourth-order valence-corrected chi connectivity index (χ4v) is 1.41. The minimum Gasteiger partial charge on any atom is -0.396 e. The minimum absolute atomic E-state index is 0.0531. The summed E-state index contributed by atoms with van der Waals surface area (Å²) in [5.74, 6) is -1.89. The van der Waals surface area contributed by atoms with Gasteiger partial charge in [0.15, 0.2) is 11.6 Å². The summed E-state index contributed by atoms with van der Waals surface area (Å²) in [5, 5.41) is 0. The Morgan fingerprint density at radius 1 is 1.00 bits per heavy atom. The van der Waals surface area contributed by atoms with Gasteiger partial charge >= 0.3 is 0 Å². The summed E-state index contributed by atoms with van der Waals surface area (Å²) in [4.78, 5) is 3.80. The van der Waals surface area contributed by atoms with Crippen LogP contribution < -0.4 is 11.5 Å². The Bertz CT molecular complexity index is 491. The topological polar surface area (TPSA) is 64.9 Å². The molecule has 0 unspecified atom stereocenters. The predicted molar refractivity (Wildman–Crippen MR) is 58.4 cm³/mol. The highest BCUT2D eigenvalue weighted by Gasteiger charge is 2.13. The molecule has 0 radical (unpaired) electrons. The van der Waals surface area contributed by atoms with E-state index in [1.807, 2.05) is 0 Å². The first kappa shape index (κ1) is 10.4. The number of anilines is 2. The monoisotopic (exact) mass is 221 g/mol. The van der Waals surface area contributed by atoms with Crippen molar-refractivity contribution in [3.63, 3.8) is 0 Å². The van der Waals surface area contributed by atoms with Crippen molar-refractivity contribution in [1.29, 1.82) is 0 Å². The van der Waals surface area contributed by atoms with Gasteiger partial charge in [0.2, 0.25) is 0 Å². The zero-order chi connectivity index (χ0) is 11.7. The Morgan fingerprint density at radius 3 is 2.50 bits per heavy atom. The lowest BCUT2D eigenvalue weighted by Crippen LogP contribution is -2.00. The zero-order valence-electron chi connectivity index (χ0n) is 8.24. The van der Waals surface area contributed by atoms with Crippen LogP contribution in [-0.4, -0.2) is 4.98 Å². The molecule has 0 aliphatic heterocycles. The van der Waals surface area contributed by atoms with E-state index < -0.39 is 11.6 Å². The van der Waals surface area contributed by atoms with E-state index in [1.54, 1.807) is 0 Å². The summed E-state index contributed by atoms with van der Waals surface area (Å²) in [6.45, 7) is 0. The molecule has 0 amide bonds. The van der Waals surface area contributed by atoms with Gasteiger partial charge in [-0.25, -0.2) is 8.78 Å². The molecule has 0 atom stereocenters. The van der Waals surface area contributed by atoms with Crippen LogP contribution in [0.15, 0.2) is 30.6 Å². The van der Waals surface area contributed by atoms with E-state index in [9.17, 15) is 8.78 Å². The maximum atomic E-state index is 13.5. The van der Waals surface area contributed by atoms with Crippen LogP contribution in [0.1, 0.15) is 0 Å². The van der Waals surface area contributed by atoms with Gasteiger partial charge in [0.1, 0.15) is 0 Å². The largest absolute Gasteiger partial charge is 0.396 e. The molecule has 3 nitrogen and oxygen atoms in total. The molecule has 0 saturated carbocycles. The number of nitrogens with zero attached hydrogens (tertiary/aromatic N) is 1. The molecule has 2 rings (SSSR count). The third-order valence-electron chi connectivity index (χ3n) is 2.26. The predicted octanol–water partition coefficient (Wildman–Crippen LogP) is 2.19. The van der Waals surface area contributed by atoms with E-state index >= 15 is 0 Å². The Kier molecular flexibility index (Phi) is 2.44. The molecular formula is C11H9F2N3. The van der Waals surface area contributed by atoms with Crippen molar-refractivity contribution >= 4 is 11.4 Å². The van der Waals surface area contributed by atoms with Crippen LogP contribution in [0.5, 0.6) is 0 Å². The number of hydrogen-bond acceptors (Lipinski definition) is 3. The standard InChI is InChI=1S/C11H9F2N3/c12-8-3-1-2-6(10(8)13)7-4-16-5-9(14)11(7)15/h1-5H,14H2,(H2,15,16). The van der Waals surface area contributed by atoms with Crippen LogP contribution >= 0.6 is 0 Å². The summed E-state index contributed by atoms with van der Waals surface area (Å²) in [5.41, 5.74) is 12.0. The van der Waals surface area contributed by atoms with E-state index in [-0.39, 0.29) is 22.5 Å². The molecule has 16 heavy (non-hydrogen) atoms. The first-order chi connectivity index (χ1) is 7.61. The molecule has 0 aliphatic carbocycles. The molecule has 82 valence electrons. The van der Waals surface area contributed by atoms with Crippen molar-refractivity contribution in [3.8, 4) is 11.1 Å². The molecule has 1 aromatic carbocycles. The Labute approximate surface area is 90.7 Å². The van der Waals surface area contributed by atoms with Crippen LogP contribution in [0.4, 0.5) is 20.2 Å². The molecule has 4 N–H and O–H groups in total. The van der Waals surface area contributed by atoms with Crippen LogP contribution in [0.3, 0.4) is 0 Å². The molecule has 1 aromatic heterocycles. The summed E-state index contributed by atoms with van der Waals surface area (Å²) in [6, 6.07) is 3.86. The van der Waals surface area contributed by atoms with Crippen molar-refractivity contribution in [1.82, 2.24) is 4.98 Å². The van der Waals surface area contributed by atoms with Gasteiger partial charge in [-0.05, 0) is 6.07 Å². The third kappa shape index (κ3) is 1.56. The van der Waals surface area contributed by atoms with Gasteiger partial charge in [0.05, 0.1) is 17.6 Å². The highest BCUT2D eigenvalue weighted by atomic mass is 19.2. The summed E-state index contributed by atoms with van der Waals surface area (Å²) in [6.07, 6.45) is 2.71. The molecule has 0 aliphatic rings. The number of benzene rings is 1. The maximum Gasteiger partial charge on any atom is 0.166 e. The zero-order valence-corrected chi connectivity index (χ0v) is 8.24. The van der Waals surface area contributed by atoms with E-state index in [0.29, 0.717) is 0 Å². The smallest absolute Gasteiger partial charge is 0.166 e. The van der Waals surface area contributed by atoms with Gasteiger partial charge in [0, 0.05) is 17.3 Å². The molecule has 2 aromatic rings. The Morgan fingerprint density at radius 2 is 1.75 bits per heavy atom. The van der Waals surface area contributed by atoms with E-state index in [1.165, 1.54) is 24.5 Å². The number of hydrogen-bond donors (Lipinski definition) is 2. The molecular weight excluding hydrogens is 212 g/mol. The number of rotatable bonds is 1. The first-order valence-electron chi connectivity index (χ1n) is 4.54. The lowest BCUT2D eigenvalue weighted by Gasteiger charge is -2.08. The molecule has 0 bridgehead atoms. The lowest BCUT2D eigenvalue weighted by atomic mass is 10.0. The number of pyridine rings is 1. The summed E-state index contributed by atoms with van der Waals surface area (Å²) >= 11 is 0. The second kappa shape index (κ2) is 3.77. The van der Waals surface area contributed by atoms with Gasteiger partial charge in [-0.15, -0.1) is 0 Å². The first-order valence-corrected chi connectivity index (χ1v) is 4.54. The second-order valence-corrected chi connectivity index (χ2v) is 3.29. The number of aromatic nitrogens is 1. The summed E-state index contributed by atoms with van der Waals surface area (Å²) in [7, 11) is 0. The van der Waals surface area contributed by atoms with E-state index in [0.717, 1.165) is 6.07 Å². The fraction of sp³-hybridized carbons (Fsp3) is 0. The van der Waals surface area contributed by atoms with Gasteiger partial charge < -0.3 is 11.5 Å². The van der Waals surface area contributed by atoms with E-state index in [2.05, 4.69) is 4.98 Å². The Balaban J connectivity index is 2.68. The number of nitrogens with two attached hydrogens (primary N) is 2. The fourth-order valence-electron chi connectivity index (χ4n) is 1.41. The van der Waals surface area contributed by atoms with Crippen molar-refractivity contribution < 1.29 is 8.78 Å². The van der Waals surface area contributed by atoms with Crippen LogP contribution in [0.2, 0.25) is 0 Å². The van der Waals surface area contributed by atoms with Gasteiger partial charge in [-0.1, -0.05) is 12.1 Å².